The molecule has 102 valence electrons. The normalized spacial score (nSPS) is 11.2. The zero-order valence-corrected chi connectivity index (χ0v) is 11.9. The Balaban J connectivity index is 2.77. The van der Waals surface area contributed by atoms with Gasteiger partial charge < -0.3 is 11.5 Å². The summed E-state index contributed by atoms with van der Waals surface area (Å²) in [6.45, 7) is 4.17. The van der Waals surface area contributed by atoms with E-state index < -0.39 is 0 Å². The van der Waals surface area contributed by atoms with Crippen LogP contribution in [0, 0.1) is 0 Å². The topological polar surface area (TPSA) is 79.0 Å². The number of nitrogens with zero attached hydrogens (tertiary/aromatic N) is 2. The second-order valence-corrected chi connectivity index (χ2v) is 5.03. The summed E-state index contributed by atoms with van der Waals surface area (Å²) in [6, 6.07) is 7.48. The summed E-state index contributed by atoms with van der Waals surface area (Å²) in [7, 11) is 0. The van der Waals surface area contributed by atoms with Gasteiger partial charge in [0.2, 0.25) is 0 Å². The van der Waals surface area contributed by atoms with Crippen molar-refractivity contribution in [1.82, 2.24) is 8.77 Å². The highest BCUT2D eigenvalue weighted by Crippen LogP contribution is 2.27. The third-order valence-electron chi connectivity index (χ3n) is 3.09. The largest absolute Gasteiger partial charge is 0.383 e. The highest BCUT2D eigenvalue weighted by molar-refractivity contribution is 7.78. The van der Waals surface area contributed by atoms with E-state index in [1.807, 2.05) is 38.1 Å². The van der Waals surface area contributed by atoms with Crippen molar-refractivity contribution in [3.8, 4) is 11.1 Å². The van der Waals surface area contributed by atoms with Crippen LogP contribution in [0.3, 0.4) is 0 Å². The minimum Gasteiger partial charge on any atom is -0.383 e. The zero-order valence-electron chi connectivity index (χ0n) is 11.0. The molecule has 6 heteroatoms. The van der Waals surface area contributed by atoms with Gasteiger partial charge in [0.1, 0.15) is 5.82 Å². The molecule has 1 heterocycles. The third kappa shape index (κ3) is 2.17. The van der Waals surface area contributed by atoms with Gasteiger partial charge in [-0.15, -0.1) is 0 Å². The second kappa shape index (κ2) is 5.14. The number of hydrogen-bond acceptors (Lipinski definition) is 4. The van der Waals surface area contributed by atoms with Crippen molar-refractivity contribution in [1.29, 1.82) is 0 Å². The van der Waals surface area contributed by atoms with E-state index in [0.29, 0.717) is 17.9 Å². The molecule has 0 aliphatic carbocycles. The van der Waals surface area contributed by atoms with Gasteiger partial charge in [-0.3, -0.25) is 4.79 Å². The second-order valence-electron chi connectivity index (χ2n) is 4.65. The van der Waals surface area contributed by atoms with Crippen LogP contribution in [0.2, 0.25) is 0 Å². The summed E-state index contributed by atoms with van der Waals surface area (Å²) in [5.41, 5.74) is 13.7. The summed E-state index contributed by atoms with van der Waals surface area (Å²) < 4.78 is 2.91. The van der Waals surface area contributed by atoms with Crippen LogP contribution in [0.15, 0.2) is 29.1 Å². The summed E-state index contributed by atoms with van der Waals surface area (Å²) in [6.07, 6.45) is 0. The number of benzene rings is 1. The standard InChI is InChI=1S/C13H18N4OS/c1-8(2)16-13(18)11(12(15)17(16)19)10-6-4-3-5-9(10)7-14/h3-6,8,19H,7,14-15H2,1-2H3. The molecule has 4 N–H and O–H groups in total. The molecular formula is C13H18N4OS. The molecule has 1 aromatic carbocycles. The van der Waals surface area contributed by atoms with Gasteiger partial charge in [0.15, 0.2) is 0 Å². The Morgan fingerprint density at radius 3 is 2.47 bits per heavy atom. The Labute approximate surface area is 117 Å². The maximum atomic E-state index is 12.5. The highest BCUT2D eigenvalue weighted by Gasteiger charge is 2.20. The molecule has 0 saturated carbocycles. The van der Waals surface area contributed by atoms with Crippen molar-refractivity contribution in [3.63, 3.8) is 0 Å². The molecule has 0 unspecified atom stereocenters. The number of thiol groups is 1. The van der Waals surface area contributed by atoms with Crippen LogP contribution in [-0.2, 0) is 6.54 Å². The van der Waals surface area contributed by atoms with Crippen molar-refractivity contribution < 1.29 is 0 Å². The van der Waals surface area contributed by atoms with Gasteiger partial charge in [0.25, 0.3) is 5.56 Å². The van der Waals surface area contributed by atoms with Gasteiger partial charge in [-0.25, -0.2) is 8.77 Å². The lowest BCUT2D eigenvalue weighted by Gasteiger charge is -2.09. The van der Waals surface area contributed by atoms with Gasteiger partial charge in [-0.05, 0) is 37.8 Å². The summed E-state index contributed by atoms with van der Waals surface area (Å²) in [5, 5.41) is 0. The fourth-order valence-electron chi connectivity index (χ4n) is 2.17. The monoisotopic (exact) mass is 278 g/mol. The fraction of sp³-hybridized carbons (Fsp3) is 0.308. The molecule has 0 aliphatic heterocycles. The molecular weight excluding hydrogens is 260 g/mol. The number of aromatic nitrogens is 2. The van der Waals surface area contributed by atoms with Gasteiger partial charge in [-0.2, -0.15) is 0 Å². The molecule has 0 amide bonds. The molecule has 1 aromatic heterocycles. The Hall–Kier alpha value is -1.66. The van der Waals surface area contributed by atoms with Crippen LogP contribution >= 0.6 is 12.8 Å². The number of nitrogens with two attached hydrogens (primary N) is 2. The Bertz CT molecular complexity index is 657. The van der Waals surface area contributed by atoms with E-state index in [1.165, 1.54) is 8.77 Å². The van der Waals surface area contributed by atoms with Gasteiger partial charge in [0.05, 0.1) is 5.56 Å². The van der Waals surface area contributed by atoms with Gasteiger partial charge in [0, 0.05) is 12.6 Å². The fourth-order valence-corrected chi connectivity index (χ4v) is 2.56. The van der Waals surface area contributed by atoms with Gasteiger partial charge in [-0.1, -0.05) is 24.3 Å². The lowest BCUT2D eigenvalue weighted by molar-refractivity contribution is 0.502. The van der Waals surface area contributed by atoms with Crippen LogP contribution in [0.1, 0.15) is 25.5 Å². The van der Waals surface area contributed by atoms with Crippen molar-refractivity contribution in [2.24, 2.45) is 5.73 Å². The van der Waals surface area contributed by atoms with Gasteiger partial charge >= 0.3 is 0 Å². The molecule has 0 aliphatic rings. The minimum atomic E-state index is -0.150. The number of rotatable bonds is 3. The third-order valence-corrected chi connectivity index (χ3v) is 3.50. The van der Waals surface area contributed by atoms with Crippen LogP contribution in [-0.4, -0.2) is 8.77 Å². The van der Waals surface area contributed by atoms with Crippen LogP contribution < -0.4 is 17.0 Å². The first-order valence-electron chi connectivity index (χ1n) is 6.09. The SMILES string of the molecule is CC(C)n1c(=O)c(-c2ccccc2CN)c(N)n1S. The Morgan fingerprint density at radius 1 is 1.32 bits per heavy atom. The predicted octanol–water partition coefficient (Wildman–Crippen LogP) is 1.63. The average Bonchev–Trinajstić information content (AvgIpc) is 2.60. The van der Waals surface area contributed by atoms with Crippen molar-refractivity contribution >= 4 is 18.6 Å². The van der Waals surface area contributed by atoms with Crippen molar-refractivity contribution in [2.45, 2.75) is 26.4 Å². The summed E-state index contributed by atoms with van der Waals surface area (Å²) >= 11 is 4.28. The van der Waals surface area contributed by atoms with E-state index in [4.69, 9.17) is 11.5 Å². The Kier molecular flexibility index (Phi) is 3.73. The van der Waals surface area contributed by atoms with E-state index in [1.54, 1.807) is 0 Å². The molecule has 0 radical (unpaired) electrons. The summed E-state index contributed by atoms with van der Waals surface area (Å²) in [5.74, 6) is 0.336. The number of nitrogen functional groups attached to an aromatic ring is 1. The molecule has 19 heavy (non-hydrogen) atoms. The lowest BCUT2D eigenvalue weighted by atomic mass is 10.0. The van der Waals surface area contributed by atoms with Crippen molar-refractivity contribution in [2.75, 3.05) is 5.73 Å². The quantitative estimate of drug-likeness (QED) is 0.747. The first kappa shape index (κ1) is 13.8. The van der Waals surface area contributed by atoms with E-state index >= 15 is 0 Å². The molecule has 0 saturated heterocycles. The van der Waals surface area contributed by atoms with Crippen LogP contribution in [0.4, 0.5) is 5.82 Å². The van der Waals surface area contributed by atoms with Crippen molar-refractivity contribution in [3.05, 3.63) is 40.2 Å². The van der Waals surface area contributed by atoms with E-state index in [9.17, 15) is 4.79 Å². The van der Waals surface area contributed by atoms with E-state index in [2.05, 4.69) is 12.8 Å². The molecule has 5 nitrogen and oxygen atoms in total. The molecule has 2 rings (SSSR count). The van der Waals surface area contributed by atoms with Crippen LogP contribution in [0.25, 0.3) is 11.1 Å². The first-order chi connectivity index (χ1) is 8.99. The smallest absolute Gasteiger partial charge is 0.277 e. The van der Waals surface area contributed by atoms with E-state index in [-0.39, 0.29) is 11.6 Å². The molecule has 0 fully saturated rings. The first-order valence-corrected chi connectivity index (χ1v) is 6.49. The lowest BCUT2D eigenvalue weighted by Crippen LogP contribution is -2.22. The Morgan fingerprint density at radius 2 is 1.95 bits per heavy atom. The maximum Gasteiger partial charge on any atom is 0.277 e. The summed E-state index contributed by atoms with van der Waals surface area (Å²) in [4.78, 5) is 12.5. The zero-order chi connectivity index (χ0) is 14.2. The molecule has 0 bridgehead atoms. The minimum absolute atomic E-state index is 0.0221. The molecule has 2 aromatic rings. The average molecular weight is 278 g/mol. The number of anilines is 1. The molecule has 0 spiro atoms. The maximum absolute atomic E-state index is 12.5. The molecule has 0 atom stereocenters. The predicted molar refractivity (Wildman–Crippen MR) is 81.2 cm³/mol. The highest BCUT2D eigenvalue weighted by atomic mass is 32.1. The number of hydrogen-bond donors (Lipinski definition) is 3. The van der Waals surface area contributed by atoms with E-state index in [0.717, 1.165) is 11.1 Å². The van der Waals surface area contributed by atoms with Crippen LogP contribution in [0.5, 0.6) is 0 Å².